The number of aliphatic carboxylic acids is 1. The Morgan fingerprint density at radius 1 is 1.67 bits per heavy atom. The van der Waals surface area contributed by atoms with Crippen LogP contribution in [0.3, 0.4) is 0 Å². The molecule has 0 saturated carbocycles. The summed E-state index contributed by atoms with van der Waals surface area (Å²) >= 11 is 1.49. The van der Waals surface area contributed by atoms with Gasteiger partial charge < -0.3 is 15.7 Å². The maximum Gasteiger partial charge on any atom is 0.326 e. The number of nitrogens with one attached hydrogen (secondary N) is 2. The van der Waals surface area contributed by atoms with E-state index in [-0.39, 0.29) is 13.0 Å². The lowest BCUT2D eigenvalue weighted by atomic mass is 10.2. The molecule has 0 saturated heterocycles. The summed E-state index contributed by atoms with van der Waals surface area (Å²) in [4.78, 5) is 26.4. The van der Waals surface area contributed by atoms with Crippen LogP contribution in [0.25, 0.3) is 0 Å². The average molecular weight is 269 g/mol. The Morgan fingerprint density at radius 3 is 2.89 bits per heavy atom. The molecule has 1 rings (SSSR count). The predicted octanol–water partition coefficient (Wildman–Crippen LogP) is 1.28. The SMILES string of the molecule is C=CCC(NC(=O)NCc1csc(C)n1)C(=O)O. The number of carbonyl (C=O) groups is 2. The molecule has 1 heterocycles. The van der Waals surface area contributed by atoms with Crippen molar-refractivity contribution in [3.63, 3.8) is 0 Å². The van der Waals surface area contributed by atoms with Gasteiger partial charge in [-0.15, -0.1) is 17.9 Å². The molecule has 1 aromatic rings. The fourth-order valence-electron chi connectivity index (χ4n) is 1.26. The van der Waals surface area contributed by atoms with E-state index in [2.05, 4.69) is 22.2 Å². The minimum absolute atomic E-state index is 0.179. The largest absolute Gasteiger partial charge is 0.480 e. The van der Waals surface area contributed by atoms with Crippen molar-refractivity contribution in [2.75, 3.05) is 0 Å². The molecule has 1 atom stereocenters. The summed E-state index contributed by atoms with van der Waals surface area (Å²) in [5, 5.41) is 16.5. The quantitative estimate of drug-likeness (QED) is 0.678. The minimum atomic E-state index is -1.09. The van der Waals surface area contributed by atoms with Crippen molar-refractivity contribution in [2.24, 2.45) is 0 Å². The van der Waals surface area contributed by atoms with Gasteiger partial charge in [-0.1, -0.05) is 6.08 Å². The lowest BCUT2D eigenvalue weighted by molar-refractivity contribution is -0.139. The topological polar surface area (TPSA) is 91.3 Å². The van der Waals surface area contributed by atoms with Crippen molar-refractivity contribution in [3.05, 3.63) is 28.7 Å². The van der Waals surface area contributed by atoms with Crippen LogP contribution in [0.15, 0.2) is 18.0 Å². The van der Waals surface area contributed by atoms with E-state index in [1.165, 1.54) is 17.4 Å². The Morgan fingerprint density at radius 2 is 2.39 bits per heavy atom. The number of urea groups is 1. The summed E-state index contributed by atoms with van der Waals surface area (Å²) in [6.07, 6.45) is 1.63. The molecule has 18 heavy (non-hydrogen) atoms. The number of carboxylic acids is 1. The maximum absolute atomic E-state index is 11.5. The molecule has 1 unspecified atom stereocenters. The first-order valence-corrected chi connectivity index (χ1v) is 6.20. The van der Waals surface area contributed by atoms with Gasteiger partial charge in [-0.2, -0.15) is 0 Å². The zero-order chi connectivity index (χ0) is 13.5. The van der Waals surface area contributed by atoms with E-state index in [9.17, 15) is 9.59 Å². The van der Waals surface area contributed by atoms with Gasteiger partial charge in [0.15, 0.2) is 0 Å². The van der Waals surface area contributed by atoms with Gasteiger partial charge in [0.2, 0.25) is 0 Å². The van der Waals surface area contributed by atoms with Crippen LogP contribution in [0.2, 0.25) is 0 Å². The van der Waals surface area contributed by atoms with Crippen LogP contribution in [0.1, 0.15) is 17.1 Å². The Kier molecular flexibility index (Phi) is 5.31. The Bertz CT molecular complexity index is 444. The first-order valence-electron chi connectivity index (χ1n) is 5.32. The maximum atomic E-state index is 11.5. The number of carboxylic acid groups (broad SMARTS) is 1. The number of hydrogen-bond donors (Lipinski definition) is 3. The van der Waals surface area contributed by atoms with Crippen LogP contribution in [-0.2, 0) is 11.3 Å². The van der Waals surface area contributed by atoms with Gasteiger partial charge in [0.1, 0.15) is 6.04 Å². The van der Waals surface area contributed by atoms with Crippen molar-refractivity contribution < 1.29 is 14.7 Å². The summed E-state index contributed by atoms with van der Waals surface area (Å²) in [5.41, 5.74) is 0.753. The van der Waals surface area contributed by atoms with Crippen LogP contribution in [-0.4, -0.2) is 28.1 Å². The van der Waals surface area contributed by atoms with Gasteiger partial charge in [-0.3, -0.25) is 0 Å². The number of nitrogens with zero attached hydrogens (tertiary/aromatic N) is 1. The van der Waals surface area contributed by atoms with E-state index < -0.39 is 18.0 Å². The molecule has 0 bridgehead atoms. The smallest absolute Gasteiger partial charge is 0.326 e. The number of hydrogen-bond acceptors (Lipinski definition) is 4. The molecule has 2 amide bonds. The van der Waals surface area contributed by atoms with Crippen molar-refractivity contribution in [1.29, 1.82) is 0 Å². The number of thiazole rings is 1. The van der Waals surface area contributed by atoms with Crippen molar-refractivity contribution in [3.8, 4) is 0 Å². The van der Waals surface area contributed by atoms with E-state index in [1.54, 1.807) is 0 Å². The molecule has 1 aromatic heterocycles. The highest BCUT2D eigenvalue weighted by molar-refractivity contribution is 7.09. The summed E-state index contributed by atoms with van der Waals surface area (Å²) in [6, 6.07) is -1.49. The first kappa shape index (κ1) is 14.2. The number of rotatable bonds is 6. The molecule has 0 aliphatic carbocycles. The van der Waals surface area contributed by atoms with E-state index in [0.29, 0.717) is 0 Å². The third-order valence-electron chi connectivity index (χ3n) is 2.10. The lowest BCUT2D eigenvalue weighted by Gasteiger charge is -2.12. The second kappa shape index (κ2) is 6.75. The van der Waals surface area contributed by atoms with Crippen molar-refractivity contribution in [1.82, 2.24) is 15.6 Å². The normalized spacial score (nSPS) is 11.6. The van der Waals surface area contributed by atoms with Crippen LogP contribution >= 0.6 is 11.3 Å². The van der Waals surface area contributed by atoms with Crippen LogP contribution in [0, 0.1) is 6.92 Å². The molecule has 0 fully saturated rings. The lowest BCUT2D eigenvalue weighted by Crippen LogP contribution is -2.45. The van der Waals surface area contributed by atoms with E-state index >= 15 is 0 Å². The molecule has 6 nitrogen and oxygen atoms in total. The van der Waals surface area contributed by atoms with Crippen molar-refractivity contribution in [2.45, 2.75) is 25.9 Å². The highest BCUT2D eigenvalue weighted by atomic mass is 32.1. The van der Waals surface area contributed by atoms with E-state index in [0.717, 1.165) is 10.7 Å². The van der Waals surface area contributed by atoms with Gasteiger partial charge in [0.25, 0.3) is 0 Å². The highest BCUT2D eigenvalue weighted by Crippen LogP contribution is 2.07. The van der Waals surface area contributed by atoms with Gasteiger partial charge >= 0.3 is 12.0 Å². The van der Waals surface area contributed by atoms with Gasteiger partial charge in [0.05, 0.1) is 17.2 Å². The monoisotopic (exact) mass is 269 g/mol. The Balaban J connectivity index is 2.40. The van der Waals surface area contributed by atoms with Crippen LogP contribution in [0.5, 0.6) is 0 Å². The van der Waals surface area contributed by atoms with Gasteiger partial charge in [-0.05, 0) is 13.3 Å². The van der Waals surface area contributed by atoms with Crippen molar-refractivity contribution >= 4 is 23.3 Å². The number of carbonyl (C=O) groups excluding carboxylic acids is 1. The number of aromatic nitrogens is 1. The summed E-state index contributed by atoms with van der Waals surface area (Å²) < 4.78 is 0. The number of aryl methyl sites for hydroxylation is 1. The Labute approximate surface area is 109 Å². The van der Waals surface area contributed by atoms with E-state index in [1.807, 2.05) is 12.3 Å². The molecule has 0 aliphatic heterocycles. The molecule has 0 aromatic carbocycles. The molecule has 7 heteroatoms. The molecule has 0 radical (unpaired) electrons. The third-order valence-corrected chi connectivity index (χ3v) is 2.92. The fourth-order valence-corrected chi connectivity index (χ4v) is 1.87. The Hall–Kier alpha value is -1.89. The molecule has 0 spiro atoms. The molecule has 0 aliphatic rings. The molecule has 3 N–H and O–H groups in total. The van der Waals surface area contributed by atoms with Gasteiger partial charge in [0, 0.05) is 5.38 Å². The standard InChI is InChI=1S/C11H15N3O3S/c1-3-4-9(10(15)16)14-11(17)12-5-8-6-18-7(2)13-8/h3,6,9H,1,4-5H2,2H3,(H,15,16)(H2,12,14,17). The highest BCUT2D eigenvalue weighted by Gasteiger charge is 2.17. The molecule has 98 valence electrons. The van der Waals surface area contributed by atoms with Gasteiger partial charge in [-0.25, -0.2) is 14.6 Å². The van der Waals surface area contributed by atoms with Crippen LogP contribution in [0.4, 0.5) is 4.79 Å². The molecular formula is C11H15N3O3S. The third kappa shape index (κ3) is 4.54. The second-order valence-electron chi connectivity index (χ2n) is 3.60. The van der Waals surface area contributed by atoms with E-state index in [4.69, 9.17) is 5.11 Å². The second-order valence-corrected chi connectivity index (χ2v) is 4.66. The predicted molar refractivity (Wildman–Crippen MR) is 68.5 cm³/mol. The summed E-state index contributed by atoms with van der Waals surface area (Å²) in [7, 11) is 0. The zero-order valence-corrected chi connectivity index (χ0v) is 10.8. The summed E-state index contributed by atoms with van der Waals surface area (Å²) in [6.45, 7) is 5.59. The average Bonchev–Trinajstić information content (AvgIpc) is 2.72. The first-order chi connectivity index (χ1) is 8.52. The number of amides is 2. The molecular weight excluding hydrogens is 254 g/mol. The minimum Gasteiger partial charge on any atom is -0.480 e. The van der Waals surface area contributed by atoms with Crippen LogP contribution < -0.4 is 10.6 Å². The fraction of sp³-hybridized carbons (Fsp3) is 0.364. The summed E-state index contributed by atoms with van der Waals surface area (Å²) in [5.74, 6) is -1.09. The zero-order valence-electron chi connectivity index (χ0n) is 9.97.